The minimum atomic E-state index is -3.27. The van der Waals surface area contributed by atoms with Crippen LogP contribution in [0.1, 0.15) is 13.8 Å². The molecule has 1 rings (SSSR count). The van der Waals surface area contributed by atoms with Gasteiger partial charge in [0.05, 0.1) is 11.4 Å². The van der Waals surface area contributed by atoms with Gasteiger partial charge in [-0.1, -0.05) is 26.0 Å². The Morgan fingerprint density at radius 3 is 2.53 bits per heavy atom. The van der Waals surface area contributed by atoms with Crippen LogP contribution >= 0.6 is 0 Å². The predicted molar refractivity (Wildman–Crippen MR) is 77.6 cm³/mol. The summed E-state index contributed by atoms with van der Waals surface area (Å²) < 4.78 is 30.7. The maximum absolute atomic E-state index is 12.0. The van der Waals surface area contributed by atoms with Crippen molar-refractivity contribution in [1.82, 2.24) is 4.31 Å². The van der Waals surface area contributed by atoms with Crippen LogP contribution in [0.3, 0.4) is 0 Å². The third-order valence-corrected chi connectivity index (χ3v) is 4.40. The van der Waals surface area contributed by atoms with Gasteiger partial charge >= 0.3 is 0 Å². The second-order valence-electron chi connectivity index (χ2n) is 4.88. The Balaban J connectivity index is 2.50. The molecule has 0 radical (unpaired) electrons. The molecule has 1 aromatic carbocycles. The highest BCUT2D eigenvalue weighted by Crippen LogP contribution is 2.19. The van der Waals surface area contributed by atoms with E-state index in [9.17, 15) is 8.42 Å². The van der Waals surface area contributed by atoms with Crippen LogP contribution in [0.2, 0.25) is 0 Å². The number of hydrogen-bond acceptors (Lipinski definition) is 4. The highest BCUT2D eigenvalue weighted by atomic mass is 32.2. The minimum Gasteiger partial charge on any atom is -0.490 e. The quantitative estimate of drug-likeness (QED) is 0.772. The van der Waals surface area contributed by atoms with Crippen molar-refractivity contribution < 1.29 is 13.2 Å². The zero-order chi connectivity index (χ0) is 14.5. The maximum Gasteiger partial charge on any atom is 0.217 e. The SMILES string of the molecule is CC(C)CN(C)S(=O)(=O)CCOc1ccccc1N. The topological polar surface area (TPSA) is 72.6 Å². The molecule has 0 aliphatic carbocycles. The molecule has 0 unspecified atom stereocenters. The fourth-order valence-corrected chi connectivity index (χ4v) is 2.78. The molecule has 0 fully saturated rings. The van der Waals surface area contributed by atoms with Crippen molar-refractivity contribution in [2.24, 2.45) is 5.92 Å². The number of nitrogens with zero attached hydrogens (tertiary/aromatic N) is 1. The summed E-state index contributed by atoms with van der Waals surface area (Å²) in [5, 5.41) is 0. The molecule has 2 N–H and O–H groups in total. The lowest BCUT2D eigenvalue weighted by Crippen LogP contribution is -2.34. The van der Waals surface area contributed by atoms with Crippen molar-refractivity contribution in [3.8, 4) is 5.75 Å². The first-order chi connectivity index (χ1) is 8.83. The number of ether oxygens (including phenoxy) is 1. The summed E-state index contributed by atoms with van der Waals surface area (Å²) in [5.74, 6) is 0.763. The van der Waals surface area contributed by atoms with Gasteiger partial charge < -0.3 is 10.5 Å². The number of para-hydroxylation sites is 2. The van der Waals surface area contributed by atoms with Gasteiger partial charge in [0.15, 0.2) is 0 Å². The van der Waals surface area contributed by atoms with Crippen molar-refractivity contribution in [2.45, 2.75) is 13.8 Å². The number of hydrogen-bond donors (Lipinski definition) is 1. The Morgan fingerprint density at radius 1 is 1.32 bits per heavy atom. The van der Waals surface area contributed by atoms with Crippen molar-refractivity contribution in [1.29, 1.82) is 0 Å². The predicted octanol–water partition coefficient (Wildman–Crippen LogP) is 1.57. The minimum absolute atomic E-state index is 0.0510. The van der Waals surface area contributed by atoms with Crippen molar-refractivity contribution in [2.75, 3.05) is 31.7 Å². The molecule has 108 valence electrons. The summed E-state index contributed by atoms with van der Waals surface area (Å²) in [4.78, 5) is 0. The number of sulfonamides is 1. The molecule has 0 saturated carbocycles. The largest absolute Gasteiger partial charge is 0.490 e. The van der Waals surface area contributed by atoms with Crippen LogP contribution in [0, 0.1) is 5.92 Å². The van der Waals surface area contributed by atoms with Gasteiger partial charge in [0.2, 0.25) is 10.0 Å². The summed E-state index contributed by atoms with van der Waals surface area (Å²) in [6.07, 6.45) is 0. The van der Waals surface area contributed by atoms with E-state index in [4.69, 9.17) is 10.5 Å². The van der Waals surface area contributed by atoms with Gasteiger partial charge in [0.25, 0.3) is 0 Å². The van der Waals surface area contributed by atoms with Crippen LogP contribution < -0.4 is 10.5 Å². The average molecular weight is 286 g/mol. The molecular weight excluding hydrogens is 264 g/mol. The zero-order valence-corrected chi connectivity index (χ0v) is 12.5. The zero-order valence-electron chi connectivity index (χ0n) is 11.7. The van der Waals surface area contributed by atoms with E-state index in [0.29, 0.717) is 23.9 Å². The van der Waals surface area contributed by atoms with Gasteiger partial charge in [0.1, 0.15) is 12.4 Å². The Hall–Kier alpha value is -1.27. The van der Waals surface area contributed by atoms with Crippen LogP contribution in [-0.4, -0.2) is 38.7 Å². The van der Waals surface area contributed by atoms with Gasteiger partial charge in [-0.3, -0.25) is 0 Å². The fraction of sp³-hybridized carbons (Fsp3) is 0.538. The van der Waals surface area contributed by atoms with E-state index < -0.39 is 10.0 Å². The van der Waals surface area contributed by atoms with Crippen molar-refractivity contribution in [3.05, 3.63) is 24.3 Å². The number of benzene rings is 1. The molecular formula is C13H22N2O3S. The van der Waals surface area contributed by atoms with E-state index in [2.05, 4.69) is 0 Å². The normalized spacial score (nSPS) is 12.1. The Morgan fingerprint density at radius 2 is 1.95 bits per heavy atom. The first-order valence-corrected chi connectivity index (χ1v) is 7.85. The average Bonchev–Trinajstić information content (AvgIpc) is 2.30. The van der Waals surface area contributed by atoms with Crippen LogP contribution in [0.4, 0.5) is 5.69 Å². The molecule has 0 bridgehead atoms. The monoisotopic (exact) mass is 286 g/mol. The van der Waals surface area contributed by atoms with E-state index in [-0.39, 0.29) is 12.4 Å². The Bertz CT molecular complexity index is 500. The van der Waals surface area contributed by atoms with Crippen LogP contribution in [-0.2, 0) is 10.0 Å². The molecule has 0 aliphatic heterocycles. The van der Waals surface area contributed by atoms with E-state index in [1.807, 2.05) is 13.8 Å². The van der Waals surface area contributed by atoms with Gasteiger partial charge in [-0.15, -0.1) is 0 Å². The van der Waals surface area contributed by atoms with E-state index in [1.54, 1.807) is 31.3 Å². The second-order valence-corrected chi connectivity index (χ2v) is 7.07. The first-order valence-electron chi connectivity index (χ1n) is 6.24. The van der Waals surface area contributed by atoms with Gasteiger partial charge in [-0.2, -0.15) is 0 Å². The molecule has 1 aromatic rings. The molecule has 5 nitrogen and oxygen atoms in total. The third kappa shape index (κ3) is 5.08. The first kappa shape index (κ1) is 15.8. The van der Waals surface area contributed by atoms with E-state index >= 15 is 0 Å². The molecule has 19 heavy (non-hydrogen) atoms. The molecule has 0 aromatic heterocycles. The fourth-order valence-electron chi connectivity index (χ4n) is 1.65. The molecule has 0 amide bonds. The lowest BCUT2D eigenvalue weighted by Gasteiger charge is -2.19. The second kappa shape index (κ2) is 6.77. The molecule has 0 saturated heterocycles. The van der Waals surface area contributed by atoms with Gasteiger partial charge in [-0.05, 0) is 18.1 Å². The smallest absolute Gasteiger partial charge is 0.217 e. The van der Waals surface area contributed by atoms with Crippen LogP contribution in [0.15, 0.2) is 24.3 Å². The molecule has 0 heterocycles. The Kier molecular flexibility index (Phi) is 5.62. The van der Waals surface area contributed by atoms with Crippen molar-refractivity contribution in [3.63, 3.8) is 0 Å². The number of anilines is 1. The molecule has 0 spiro atoms. The van der Waals surface area contributed by atoms with Crippen LogP contribution in [0.5, 0.6) is 5.75 Å². The van der Waals surface area contributed by atoms with Crippen LogP contribution in [0.25, 0.3) is 0 Å². The van der Waals surface area contributed by atoms with Gasteiger partial charge in [-0.25, -0.2) is 12.7 Å². The maximum atomic E-state index is 12.0. The molecule has 0 atom stereocenters. The number of nitrogen functional groups attached to an aromatic ring is 1. The van der Waals surface area contributed by atoms with Crippen molar-refractivity contribution >= 4 is 15.7 Å². The Labute approximate surface area is 115 Å². The lowest BCUT2D eigenvalue weighted by molar-refractivity contribution is 0.336. The number of nitrogens with two attached hydrogens (primary N) is 1. The van der Waals surface area contributed by atoms with Gasteiger partial charge in [0, 0.05) is 13.6 Å². The standard InChI is InChI=1S/C13H22N2O3S/c1-11(2)10-15(3)19(16,17)9-8-18-13-7-5-4-6-12(13)14/h4-7,11H,8-10,14H2,1-3H3. The molecule has 0 aliphatic rings. The summed E-state index contributed by atoms with van der Waals surface area (Å²) in [6, 6.07) is 7.04. The summed E-state index contributed by atoms with van der Waals surface area (Å²) in [6.45, 7) is 4.56. The highest BCUT2D eigenvalue weighted by Gasteiger charge is 2.18. The van der Waals surface area contributed by atoms with E-state index in [0.717, 1.165) is 0 Å². The van der Waals surface area contributed by atoms with E-state index in [1.165, 1.54) is 4.31 Å². The number of rotatable bonds is 7. The highest BCUT2D eigenvalue weighted by molar-refractivity contribution is 7.89. The molecule has 6 heteroatoms. The lowest BCUT2D eigenvalue weighted by atomic mass is 10.2. The summed E-state index contributed by atoms with van der Waals surface area (Å²) in [5.41, 5.74) is 6.22. The summed E-state index contributed by atoms with van der Waals surface area (Å²) in [7, 11) is -1.68. The summed E-state index contributed by atoms with van der Waals surface area (Å²) >= 11 is 0. The third-order valence-electron chi connectivity index (χ3n) is 2.61.